The van der Waals surface area contributed by atoms with Gasteiger partial charge in [-0.05, 0) is 26.8 Å². The highest BCUT2D eigenvalue weighted by Crippen LogP contribution is 2.16. The zero-order valence-electron chi connectivity index (χ0n) is 11.8. The van der Waals surface area contributed by atoms with Crippen LogP contribution >= 0.6 is 12.2 Å². The predicted octanol–water partition coefficient (Wildman–Crippen LogP) is 1.41. The maximum Gasteiger partial charge on any atom is 0.241 e. The van der Waals surface area contributed by atoms with Crippen LogP contribution in [0.3, 0.4) is 0 Å². The monoisotopic (exact) mass is 316 g/mol. The third-order valence-electron chi connectivity index (χ3n) is 2.67. The molecule has 0 atom stereocenters. The molecule has 0 radical (unpaired) electrons. The zero-order chi connectivity index (χ0) is 15.4. The van der Waals surface area contributed by atoms with Gasteiger partial charge in [0.1, 0.15) is 4.99 Å². The fourth-order valence-corrected chi connectivity index (χ4v) is 3.35. The molecule has 0 spiro atoms. The van der Waals surface area contributed by atoms with E-state index in [2.05, 4.69) is 4.72 Å². The standard InChI is InChI=1S/C13H20N2O3S2/c1-4-18-13(2,3)9-15-20(16,17)11-8-6-5-7-10(11)12(14)19/h5-8,15H,4,9H2,1-3H3,(H2,14,19). The molecular weight excluding hydrogens is 296 g/mol. The Morgan fingerprint density at radius 2 is 2.00 bits per heavy atom. The molecule has 0 saturated carbocycles. The molecule has 0 unspecified atom stereocenters. The van der Waals surface area contributed by atoms with Crippen LogP contribution in [-0.2, 0) is 14.8 Å². The van der Waals surface area contributed by atoms with E-state index < -0.39 is 15.6 Å². The molecule has 5 nitrogen and oxygen atoms in total. The largest absolute Gasteiger partial charge is 0.389 e. The molecular formula is C13H20N2O3S2. The number of ether oxygens (including phenoxy) is 1. The Labute approximate surface area is 125 Å². The van der Waals surface area contributed by atoms with Gasteiger partial charge in [0.15, 0.2) is 0 Å². The summed E-state index contributed by atoms with van der Waals surface area (Å²) in [6, 6.07) is 6.39. The van der Waals surface area contributed by atoms with Gasteiger partial charge >= 0.3 is 0 Å². The second-order valence-corrected chi connectivity index (χ2v) is 7.05. The van der Waals surface area contributed by atoms with Gasteiger partial charge in [0, 0.05) is 18.7 Å². The quantitative estimate of drug-likeness (QED) is 0.744. The first-order valence-corrected chi connectivity index (χ1v) is 8.11. The molecule has 20 heavy (non-hydrogen) atoms. The highest BCUT2D eigenvalue weighted by atomic mass is 32.2. The first-order chi connectivity index (χ1) is 9.19. The normalized spacial score (nSPS) is 12.3. The third-order valence-corrected chi connectivity index (χ3v) is 4.34. The Morgan fingerprint density at radius 1 is 1.40 bits per heavy atom. The van der Waals surface area contributed by atoms with Crippen molar-refractivity contribution >= 4 is 27.2 Å². The van der Waals surface area contributed by atoms with Crippen molar-refractivity contribution in [1.29, 1.82) is 0 Å². The molecule has 1 aromatic carbocycles. The fraction of sp³-hybridized carbons (Fsp3) is 0.462. The van der Waals surface area contributed by atoms with Crippen molar-refractivity contribution in [2.45, 2.75) is 31.3 Å². The molecule has 0 aliphatic rings. The number of nitrogens with two attached hydrogens (primary N) is 1. The topological polar surface area (TPSA) is 81.4 Å². The smallest absolute Gasteiger partial charge is 0.241 e. The van der Waals surface area contributed by atoms with Crippen LogP contribution in [0.4, 0.5) is 0 Å². The lowest BCUT2D eigenvalue weighted by molar-refractivity contribution is -0.00515. The van der Waals surface area contributed by atoms with Gasteiger partial charge in [-0.15, -0.1) is 0 Å². The average molecular weight is 316 g/mol. The molecule has 1 rings (SSSR count). The Balaban J connectivity index is 2.98. The van der Waals surface area contributed by atoms with Crippen LogP contribution in [-0.4, -0.2) is 32.2 Å². The van der Waals surface area contributed by atoms with Gasteiger partial charge < -0.3 is 10.5 Å². The Kier molecular flexibility index (Phi) is 5.64. The second-order valence-electron chi connectivity index (χ2n) is 4.88. The first-order valence-electron chi connectivity index (χ1n) is 6.22. The fourth-order valence-electron chi connectivity index (χ4n) is 1.69. The summed E-state index contributed by atoms with van der Waals surface area (Å²) in [5.41, 5.74) is 5.31. The van der Waals surface area contributed by atoms with Gasteiger partial charge in [0.05, 0.1) is 10.5 Å². The molecule has 0 fully saturated rings. The van der Waals surface area contributed by atoms with Crippen molar-refractivity contribution < 1.29 is 13.2 Å². The number of hydrogen-bond acceptors (Lipinski definition) is 4. The van der Waals surface area contributed by atoms with Crippen molar-refractivity contribution in [2.75, 3.05) is 13.2 Å². The number of benzene rings is 1. The summed E-state index contributed by atoms with van der Waals surface area (Å²) in [7, 11) is -3.68. The van der Waals surface area contributed by atoms with Crippen LogP contribution in [0, 0.1) is 0 Å². The number of sulfonamides is 1. The molecule has 0 aliphatic heterocycles. The second kappa shape index (κ2) is 6.62. The Morgan fingerprint density at radius 3 is 2.55 bits per heavy atom. The van der Waals surface area contributed by atoms with E-state index in [9.17, 15) is 8.42 Å². The van der Waals surface area contributed by atoms with E-state index in [-0.39, 0.29) is 16.4 Å². The summed E-state index contributed by atoms with van der Waals surface area (Å²) in [6.07, 6.45) is 0. The maximum atomic E-state index is 12.3. The average Bonchev–Trinajstić information content (AvgIpc) is 2.37. The summed E-state index contributed by atoms with van der Waals surface area (Å²) in [4.78, 5) is 0.134. The minimum atomic E-state index is -3.68. The molecule has 0 saturated heterocycles. The summed E-state index contributed by atoms with van der Waals surface area (Å²) >= 11 is 4.88. The van der Waals surface area contributed by atoms with E-state index in [0.717, 1.165) is 0 Å². The number of nitrogens with one attached hydrogen (secondary N) is 1. The van der Waals surface area contributed by atoms with Crippen molar-refractivity contribution in [3.05, 3.63) is 29.8 Å². The van der Waals surface area contributed by atoms with Gasteiger partial charge in [-0.2, -0.15) is 0 Å². The molecule has 7 heteroatoms. The van der Waals surface area contributed by atoms with Crippen LogP contribution in [0.1, 0.15) is 26.3 Å². The SMILES string of the molecule is CCOC(C)(C)CNS(=O)(=O)c1ccccc1C(N)=S. The van der Waals surface area contributed by atoms with Crippen molar-refractivity contribution in [3.63, 3.8) is 0 Å². The van der Waals surface area contributed by atoms with E-state index >= 15 is 0 Å². The minimum absolute atomic E-state index is 0.0510. The van der Waals surface area contributed by atoms with Crippen molar-refractivity contribution in [2.24, 2.45) is 5.73 Å². The molecule has 0 heterocycles. The molecule has 0 amide bonds. The molecule has 0 aliphatic carbocycles. The maximum absolute atomic E-state index is 12.3. The Hall–Kier alpha value is -1.02. The lowest BCUT2D eigenvalue weighted by Gasteiger charge is -2.25. The number of rotatable bonds is 7. The molecule has 1 aromatic rings. The summed E-state index contributed by atoms with van der Waals surface area (Å²) in [6.45, 7) is 6.17. The number of thiocarbonyl (C=S) groups is 1. The van der Waals surface area contributed by atoms with E-state index in [1.807, 2.05) is 20.8 Å². The lowest BCUT2D eigenvalue weighted by Crippen LogP contribution is -2.40. The van der Waals surface area contributed by atoms with E-state index in [1.54, 1.807) is 18.2 Å². The van der Waals surface area contributed by atoms with Crippen LogP contribution in [0.15, 0.2) is 29.2 Å². The molecule has 112 valence electrons. The van der Waals surface area contributed by atoms with Crippen molar-refractivity contribution in [1.82, 2.24) is 4.72 Å². The summed E-state index contributed by atoms with van der Waals surface area (Å²) in [5, 5.41) is 0. The lowest BCUT2D eigenvalue weighted by atomic mass is 10.1. The summed E-state index contributed by atoms with van der Waals surface area (Å²) < 4.78 is 32.6. The van der Waals surface area contributed by atoms with E-state index in [0.29, 0.717) is 12.2 Å². The number of hydrogen-bond donors (Lipinski definition) is 2. The van der Waals surface area contributed by atoms with Gasteiger partial charge in [0.2, 0.25) is 10.0 Å². The molecule has 0 aromatic heterocycles. The van der Waals surface area contributed by atoms with Gasteiger partial charge in [-0.1, -0.05) is 30.4 Å². The van der Waals surface area contributed by atoms with Crippen molar-refractivity contribution in [3.8, 4) is 0 Å². The zero-order valence-corrected chi connectivity index (χ0v) is 13.5. The minimum Gasteiger partial charge on any atom is -0.389 e. The van der Waals surface area contributed by atoms with Gasteiger partial charge in [0.25, 0.3) is 0 Å². The van der Waals surface area contributed by atoms with Crippen LogP contribution in [0.2, 0.25) is 0 Å². The van der Waals surface area contributed by atoms with E-state index in [1.165, 1.54) is 6.07 Å². The van der Waals surface area contributed by atoms with E-state index in [4.69, 9.17) is 22.7 Å². The van der Waals surface area contributed by atoms with Crippen LogP contribution < -0.4 is 10.5 Å². The van der Waals surface area contributed by atoms with Gasteiger partial charge in [-0.3, -0.25) is 0 Å². The molecule has 0 bridgehead atoms. The van der Waals surface area contributed by atoms with Crippen LogP contribution in [0.5, 0.6) is 0 Å². The predicted molar refractivity (Wildman–Crippen MR) is 83.2 cm³/mol. The first kappa shape index (κ1) is 17.0. The van der Waals surface area contributed by atoms with Gasteiger partial charge in [-0.25, -0.2) is 13.1 Å². The summed E-state index contributed by atoms with van der Waals surface area (Å²) in [5.74, 6) is 0. The third kappa shape index (κ3) is 4.52. The van der Waals surface area contributed by atoms with Crippen LogP contribution in [0.25, 0.3) is 0 Å². The highest BCUT2D eigenvalue weighted by Gasteiger charge is 2.24. The Bertz CT molecular complexity index is 583. The molecule has 3 N–H and O–H groups in total. The highest BCUT2D eigenvalue weighted by molar-refractivity contribution is 7.89.